The van der Waals surface area contributed by atoms with Crippen LogP contribution in [0.5, 0.6) is 0 Å². The van der Waals surface area contributed by atoms with Crippen molar-refractivity contribution in [2.75, 3.05) is 0 Å². The van der Waals surface area contributed by atoms with Gasteiger partial charge in [0.15, 0.2) is 0 Å². The summed E-state index contributed by atoms with van der Waals surface area (Å²) in [5.41, 5.74) is 0. The van der Waals surface area contributed by atoms with Gasteiger partial charge in [-0.1, -0.05) is 6.58 Å². The molecule has 0 aromatic heterocycles. The van der Waals surface area contributed by atoms with Crippen molar-refractivity contribution in [2.45, 2.75) is 13.8 Å². The monoisotopic (exact) mass is 126 g/mol. The van der Waals surface area contributed by atoms with Gasteiger partial charge in [-0.15, -0.1) is 5.10 Å². The summed E-state index contributed by atoms with van der Waals surface area (Å²) >= 11 is 0. The lowest BCUT2D eigenvalue weighted by atomic mass is 10.7. The summed E-state index contributed by atoms with van der Waals surface area (Å²) < 4.78 is 4.74. The zero-order valence-electron chi connectivity index (χ0n) is 5.66. The van der Waals surface area contributed by atoms with Crippen LogP contribution in [0, 0.1) is 0 Å². The average Bonchev–Trinajstić information content (AvgIpc) is 1.80. The van der Waals surface area contributed by atoms with Crippen molar-refractivity contribution in [3.63, 3.8) is 0 Å². The maximum absolute atomic E-state index is 4.74. The number of hydrogen-bond acceptors (Lipinski definition) is 3. The van der Waals surface area contributed by atoms with Crippen molar-refractivity contribution in [1.82, 2.24) is 0 Å². The second kappa shape index (κ2) is 5.03. The fraction of sp³-hybridized carbons (Fsp3) is 0.333. The number of allylic oxidation sites excluding steroid dienone is 1. The van der Waals surface area contributed by atoms with Gasteiger partial charge in [0.1, 0.15) is 0 Å². The normalized spacial score (nSPS) is 10.9. The molecule has 0 fully saturated rings. The van der Waals surface area contributed by atoms with Crippen LogP contribution in [0.15, 0.2) is 22.5 Å². The smallest absolute Gasteiger partial charge is 0.201 e. The Morgan fingerprint density at radius 3 is 2.67 bits per heavy atom. The predicted molar refractivity (Wildman–Crippen MR) is 38.6 cm³/mol. The third kappa shape index (κ3) is 6.88. The number of hydrogen-bond donors (Lipinski definition) is 0. The van der Waals surface area contributed by atoms with Crippen molar-refractivity contribution in [1.29, 1.82) is 0 Å². The summed E-state index contributed by atoms with van der Waals surface area (Å²) in [6.07, 6.45) is 2.81. The minimum Gasteiger partial charge on any atom is -0.449 e. The first-order valence-corrected chi connectivity index (χ1v) is 2.59. The Morgan fingerprint density at radius 2 is 2.22 bits per heavy atom. The van der Waals surface area contributed by atoms with E-state index < -0.39 is 0 Å². The molecule has 0 amide bonds. The molecule has 3 heteroatoms. The Kier molecular flexibility index (Phi) is 4.40. The van der Waals surface area contributed by atoms with Gasteiger partial charge in [-0.25, -0.2) is 0 Å². The molecule has 0 aromatic carbocycles. The summed E-state index contributed by atoms with van der Waals surface area (Å²) in [4.78, 5) is 0. The largest absolute Gasteiger partial charge is 0.449 e. The van der Waals surface area contributed by atoms with Crippen molar-refractivity contribution >= 4 is 12.6 Å². The van der Waals surface area contributed by atoms with Crippen LogP contribution in [-0.4, -0.2) is 12.6 Å². The van der Waals surface area contributed by atoms with Crippen molar-refractivity contribution < 1.29 is 4.74 Å². The molecule has 0 aliphatic rings. The van der Waals surface area contributed by atoms with Crippen LogP contribution in [0.4, 0.5) is 0 Å². The SMILES string of the molecule is C=C(C)O/C=N\N=C\C. The first kappa shape index (κ1) is 7.88. The zero-order valence-corrected chi connectivity index (χ0v) is 5.66. The van der Waals surface area contributed by atoms with E-state index in [0.29, 0.717) is 5.76 Å². The molecule has 0 unspecified atom stereocenters. The van der Waals surface area contributed by atoms with Gasteiger partial charge in [0.05, 0.1) is 5.76 Å². The van der Waals surface area contributed by atoms with Gasteiger partial charge in [0.2, 0.25) is 6.40 Å². The second-order valence-corrected chi connectivity index (χ2v) is 1.41. The second-order valence-electron chi connectivity index (χ2n) is 1.41. The van der Waals surface area contributed by atoms with E-state index in [1.807, 2.05) is 0 Å². The molecule has 0 aromatic rings. The summed E-state index contributed by atoms with van der Waals surface area (Å²) in [5, 5.41) is 7.01. The minimum atomic E-state index is 0.602. The summed E-state index contributed by atoms with van der Waals surface area (Å²) in [6, 6.07) is 0. The van der Waals surface area contributed by atoms with E-state index in [0.717, 1.165) is 0 Å². The Hall–Kier alpha value is -1.12. The summed E-state index contributed by atoms with van der Waals surface area (Å²) in [5.74, 6) is 0.602. The Morgan fingerprint density at radius 1 is 1.56 bits per heavy atom. The zero-order chi connectivity index (χ0) is 7.11. The van der Waals surface area contributed by atoms with Crippen LogP contribution >= 0.6 is 0 Å². The van der Waals surface area contributed by atoms with E-state index in [4.69, 9.17) is 4.74 Å². The highest BCUT2D eigenvalue weighted by atomic mass is 16.5. The third-order valence-electron chi connectivity index (χ3n) is 0.483. The van der Waals surface area contributed by atoms with Gasteiger partial charge in [0.25, 0.3) is 0 Å². The molecule has 0 heterocycles. The highest BCUT2D eigenvalue weighted by molar-refractivity contribution is 5.55. The molecule has 0 aliphatic heterocycles. The molecule has 50 valence electrons. The molecular weight excluding hydrogens is 116 g/mol. The van der Waals surface area contributed by atoms with Gasteiger partial charge in [-0.3, -0.25) is 0 Å². The van der Waals surface area contributed by atoms with Crippen molar-refractivity contribution in [2.24, 2.45) is 10.2 Å². The number of rotatable bonds is 3. The van der Waals surface area contributed by atoms with Crippen molar-refractivity contribution in [3.05, 3.63) is 12.3 Å². The highest BCUT2D eigenvalue weighted by Gasteiger charge is 1.74. The maximum Gasteiger partial charge on any atom is 0.201 e. The third-order valence-corrected chi connectivity index (χ3v) is 0.483. The van der Waals surface area contributed by atoms with Crippen molar-refractivity contribution in [3.8, 4) is 0 Å². The van der Waals surface area contributed by atoms with Gasteiger partial charge in [0, 0.05) is 6.21 Å². The quantitative estimate of drug-likeness (QED) is 0.244. The molecule has 0 saturated heterocycles. The van der Waals surface area contributed by atoms with Crippen LogP contribution in [0.1, 0.15) is 13.8 Å². The lowest BCUT2D eigenvalue weighted by Crippen LogP contribution is -1.80. The molecule has 0 N–H and O–H groups in total. The van der Waals surface area contributed by atoms with Crippen LogP contribution in [0.2, 0.25) is 0 Å². The maximum atomic E-state index is 4.74. The van der Waals surface area contributed by atoms with E-state index in [-0.39, 0.29) is 0 Å². The summed E-state index contributed by atoms with van der Waals surface area (Å²) in [6.45, 7) is 7.00. The highest BCUT2D eigenvalue weighted by Crippen LogP contribution is 1.84. The summed E-state index contributed by atoms with van der Waals surface area (Å²) in [7, 11) is 0. The lowest BCUT2D eigenvalue weighted by molar-refractivity contribution is 0.437. The molecular formula is C6H10N2O. The number of nitrogens with zero attached hydrogens (tertiary/aromatic N) is 2. The lowest BCUT2D eigenvalue weighted by Gasteiger charge is -1.90. The van der Waals surface area contributed by atoms with Gasteiger partial charge in [-0.2, -0.15) is 5.10 Å². The molecule has 0 spiro atoms. The molecule has 0 bridgehead atoms. The van der Waals surface area contributed by atoms with E-state index >= 15 is 0 Å². The molecule has 0 aliphatic carbocycles. The van der Waals surface area contributed by atoms with E-state index in [1.54, 1.807) is 20.1 Å². The predicted octanol–water partition coefficient (Wildman–Crippen LogP) is 1.57. The van der Waals surface area contributed by atoms with Crippen LogP contribution in [0.3, 0.4) is 0 Å². The molecule has 3 nitrogen and oxygen atoms in total. The Bertz CT molecular complexity index is 138. The topological polar surface area (TPSA) is 34.0 Å². The van der Waals surface area contributed by atoms with E-state index in [1.165, 1.54) is 6.40 Å². The van der Waals surface area contributed by atoms with E-state index in [2.05, 4.69) is 16.8 Å². The standard InChI is InChI=1S/C6H10N2O/c1-4-7-8-5-9-6(2)3/h4-5H,2H2,1,3H3/b7-4+,8-5-. The minimum absolute atomic E-state index is 0.602. The van der Waals surface area contributed by atoms with Gasteiger partial charge in [-0.05, 0) is 13.8 Å². The Balaban J connectivity index is 3.36. The first-order chi connectivity index (χ1) is 4.27. The van der Waals surface area contributed by atoms with E-state index in [9.17, 15) is 0 Å². The molecule has 9 heavy (non-hydrogen) atoms. The molecule has 0 radical (unpaired) electrons. The fourth-order valence-electron chi connectivity index (χ4n) is 0.207. The average molecular weight is 126 g/mol. The van der Waals surface area contributed by atoms with Gasteiger partial charge >= 0.3 is 0 Å². The van der Waals surface area contributed by atoms with Gasteiger partial charge < -0.3 is 4.74 Å². The van der Waals surface area contributed by atoms with Crippen LogP contribution in [0.25, 0.3) is 0 Å². The first-order valence-electron chi connectivity index (χ1n) is 2.59. The van der Waals surface area contributed by atoms with Crippen LogP contribution < -0.4 is 0 Å². The Labute approximate surface area is 54.7 Å². The fourth-order valence-corrected chi connectivity index (χ4v) is 0.207. The van der Waals surface area contributed by atoms with Crippen LogP contribution in [-0.2, 0) is 4.74 Å². The number of ether oxygens (including phenoxy) is 1. The molecule has 0 rings (SSSR count). The molecule has 0 atom stereocenters. The molecule has 0 saturated carbocycles.